The van der Waals surface area contributed by atoms with E-state index >= 15 is 0 Å². The van der Waals surface area contributed by atoms with Gasteiger partial charge in [0.1, 0.15) is 0 Å². The molecular weight excluding hydrogens is 272 g/mol. The Morgan fingerprint density at radius 3 is 2.55 bits per heavy atom. The summed E-state index contributed by atoms with van der Waals surface area (Å²) in [6.07, 6.45) is 0.695. The number of nitrogens with zero attached hydrogens (tertiary/aromatic N) is 2. The first kappa shape index (κ1) is 15.1. The van der Waals surface area contributed by atoms with Crippen LogP contribution in [-0.2, 0) is 19.9 Å². The van der Waals surface area contributed by atoms with Crippen LogP contribution >= 0.6 is 11.6 Å². The summed E-state index contributed by atoms with van der Waals surface area (Å²) in [6.45, 7) is 6.02. The molecule has 3 nitrogen and oxygen atoms in total. The number of halogens is 1. The fraction of sp³-hybridized carbons (Fsp3) is 0.438. The van der Waals surface area contributed by atoms with Gasteiger partial charge >= 0.3 is 0 Å². The van der Waals surface area contributed by atoms with Crippen LogP contribution in [0.4, 0.5) is 0 Å². The molecule has 20 heavy (non-hydrogen) atoms. The van der Waals surface area contributed by atoms with Gasteiger partial charge in [0, 0.05) is 13.5 Å². The maximum absolute atomic E-state index is 10.3. The lowest BCUT2D eigenvalue weighted by molar-refractivity contribution is 0.172. The summed E-state index contributed by atoms with van der Waals surface area (Å²) in [6, 6.07) is 6.32. The standard InChI is InChI=1S/C16H21ClN2O/c1-10-5-6-11(2)13(7-10)8-14(20)9-15-16(17)12(3)18-19(15)4/h5-7,14,20H,8-9H2,1-4H3. The highest BCUT2D eigenvalue weighted by atomic mass is 35.5. The molecule has 0 bridgehead atoms. The number of aliphatic hydroxyl groups is 1. The van der Waals surface area contributed by atoms with Crippen LogP contribution < -0.4 is 0 Å². The van der Waals surface area contributed by atoms with Gasteiger partial charge in [-0.2, -0.15) is 5.10 Å². The zero-order valence-electron chi connectivity index (χ0n) is 12.4. The lowest BCUT2D eigenvalue weighted by Crippen LogP contribution is -2.17. The molecule has 4 heteroatoms. The average Bonchev–Trinajstić information content (AvgIpc) is 2.61. The number of hydrogen-bond donors (Lipinski definition) is 1. The topological polar surface area (TPSA) is 38.1 Å². The van der Waals surface area contributed by atoms with Gasteiger partial charge in [-0.25, -0.2) is 0 Å². The Labute approximate surface area is 125 Å². The van der Waals surface area contributed by atoms with Crippen molar-refractivity contribution in [2.24, 2.45) is 7.05 Å². The van der Waals surface area contributed by atoms with Gasteiger partial charge in [0.25, 0.3) is 0 Å². The molecule has 1 unspecified atom stereocenters. The van der Waals surface area contributed by atoms with Crippen LogP contribution in [0.5, 0.6) is 0 Å². The zero-order valence-corrected chi connectivity index (χ0v) is 13.2. The number of rotatable bonds is 4. The first-order valence-corrected chi connectivity index (χ1v) is 7.18. The number of hydrogen-bond acceptors (Lipinski definition) is 2. The number of benzene rings is 1. The van der Waals surface area contributed by atoms with Gasteiger partial charge in [0.15, 0.2) is 0 Å². The molecule has 1 aromatic heterocycles. The molecule has 0 aliphatic carbocycles. The van der Waals surface area contributed by atoms with E-state index in [2.05, 4.69) is 37.1 Å². The Hall–Kier alpha value is -1.32. The van der Waals surface area contributed by atoms with Crippen molar-refractivity contribution in [2.45, 2.75) is 39.7 Å². The second kappa shape index (κ2) is 5.98. The molecule has 1 heterocycles. The lowest BCUT2D eigenvalue weighted by Gasteiger charge is -2.13. The van der Waals surface area contributed by atoms with Crippen LogP contribution in [0.3, 0.4) is 0 Å². The first-order chi connectivity index (χ1) is 9.38. The fourth-order valence-corrected chi connectivity index (χ4v) is 2.71. The molecule has 1 N–H and O–H groups in total. The third kappa shape index (κ3) is 3.22. The van der Waals surface area contributed by atoms with E-state index in [-0.39, 0.29) is 0 Å². The Bertz CT molecular complexity index is 619. The second-order valence-corrected chi connectivity index (χ2v) is 5.84. The van der Waals surface area contributed by atoms with Crippen LogP contribution in [0.1, 0.15) is 28.1 Å². The molecule has 2 rings (SSSR count). The molecule has 108 valence electrons. The molecule has 1 aromatic carbocycles. The molecule has 0 saturated heterocycles. The number of aliphatic hydroxyl groups excluding tert-OH is 1. The fourth-order valence-electron chi connectivity index (χ4n) is 2.47. The van der Waals surface area contributed by atoms with E-state index in [0.717, 1.165) is 11.4 Å². The molecule has 0 radical (unpaired) electrons. The maximum Gasteiger partial charge on any atom is 0.0847 e. The monoisotopic (exact) mass is 292 g/mol. The van der Waals surface area contributed by atoms with E-state index in [1.54, 1.807) is 4.68 Å². The summed E-state index contributed by atoms with van der Waals surface area (Å²) < 4.78 is 1.75. The highest BCUT2D eigenvalue weighted by Crippen LogP contribution is 2.22. The largest absolute Gasteiger partial charge is 0.392 e. The van der Waals surface area contributed by atoms with Crippen molar-refractivity contribution in [3.05, 3.63) is 51.3 Å². The highest BCUT2D eigenvalue weighted by molar-refractivity contribution is 6.31. The normalized spacial score (nSPS) is 12.7. The van der Waals surface area contributed by atoms with Gasteiger partial charge in [-0.3, -0.25) is 4.68 Å². The molecule has 1 atom stereocenters. The van der Waals surface area contributed by atoms with Crippen LogP contribution in [0.15, 0.2) is 18.2 Å². The van der Waals surface area contributed by atoms with Crippen molar-refractivity contribution in [3.8, 4) is 0 Å². The Morgan fingerprint density at radius 2 is 1.95 bits per heavy atom. The van der Waals surface area contributed by atoms with Gasteiger partial charge in [0.2, 0.25) is 0 Å². The second-order valence-electron chi connectivity index (χ2n) is 5.46. The molecule has 0 aliphatic rings. The quantitative estimate of drug-likeness (QED) is 0.940. The molecule has 0 fully saturated rings. The predicted molar refractivity (Wildman–Crippen MR) is 82.3 cm³/mol. The molecule has 0 aliphatic heterocycles. The van der Waals surface area contributed by atoms with Crippen LogP contribution in [0, 0.1) is 20.8 Å². The van der Waals surface area contributed by atoms with Crippen LogP contribution in [-0.4, -0.2) is 21.0 Å². The minimum Gasteiger partial charge on any atom is -0.392 e. The smallest absolute Gasteiger partial charge is 0.0847 e. The Balaban J connectivity index is 2.13. The lowest BCUT2D eigenvalue weighted by atomic mass is 9.98. The third-order valence-corrected chi connectivity index (χ3v) is 4.14. The van der Waals surface area contributed by atoms with Crippen molar-refractivity contribution in [3.63, 3.8) is 0 Å². The maximum atomic E-state index is 10.3. The predicted octanol–water partition coefficient (Wildman–Crippen LogP) is 3.14. The zero-order chi connectivity index (χ0) is 14.9. The molecule has 0 saturated carbocycles. The van der Waals surface area contributed by atoms with Crippen LogP contribution in [0.25, 0.3) is 0 Å². The van der Waals surface area contributed by atoms with Crippen molar-refractivity contribution >= 4 is 11.6 Å². The summed E-state index contributed by atoms with van der Waals surface area (Å²) in [5.74, 6) is 0. The molecular formula is C16H21ClN2O. The summed E-state index contributed by atoms with van der Waals surface area (Å²) in [5.41, 5.74) is 5.31. The summed E-state index contributed by atoms with van der Waals surface area (Å²) in [5, 5.41) is 15.3. The molecule has 2 aromatic rings. The summed E-state index contributed by atoms with van der Waals surface area (Å²) in [7, 11) is 1.86. The van der Waals surface area contributed by atoms with E-state index < -0.39 is 6.10 Å². The number of aromatic nitrogens is 2. The van der Waals surface area contributed by atoms with E-state index in [9.17, 15) is 5.11 Å². The summed E-state index contributed by atoms with van der Waals surface area (Å²) >= 11 is 6.22. The van der Waals surface area contributed by atoms with Crippen LogP contribution in [0.2, 0.25) is 5.02 Å². The van der Waals surface area contributed by atoms with Gasteiger partial charge < -0.3 is 5.11 Å². The molecule has 0 spiro atoms. The molecule has 0 amide bonds. The van der Waals surface area contributed by atoms with E-state index in [1.807, 2.05) is 14.0 Å². The third-order valence-electron chi connectivity index (χ3n) is 3.65. The SMILES string of the molecule is Cc1ccc(C)c(CC(O)Cc2c(Cl)c(C)nn2C)c1. The highest BCUT2D eigenvalue weighted by Gasteiger charge is 2.16. The van der Waals surface area contributed by atoms with Crippen molar-refractivity contribution in [1.82, 2.24) is 9.78 Å². The van der Waals surface area contributed by atoms with Crippen molar-refractivity contribution < 1.29 is 5.11 Å². The van der Waals surface area contributed by atoms with E-state index in [1.165, 1.54) is 16.7 Å². The van der Waals surface area contributed by atoms with E-state index in [0.29, 0.717) is 17.9 Å². The average molecular weight is 293 g/mol. The first-order valence-electron chi connectivity index (χ1n) is 6.80. The van der Waals surface area contributed by atoms with Gasteiger partial charge in [-0.15, -0.1) is 0 Å². The van der Waals surface area contributed by atoms with Crippen molar-refractivity contribution in [1.29, 1.82) is 0 Å². The van der Waals surface area contributed by atoms with Gasteiger partial charge in [0.05, 0.1) is 22.5 Å². The Kier molecular flexibility index (Phi) is 4.51. The van der Waals surface area contributed by atoms with E-state index in [4.69, 9.17) is 11.6 Å². The number of aryl methyl sites for hydroxylation is 4. The Morgan fingerprint density at radius 1 is 1.25 bits per heavy atom. The minimum atomic E-state index is -0.456. The summed E-state index contributed by atoms with van der Waals surface area (Å²) in [4.78, 5) is 0. The van der Waals surface area contributed by atoms with Crippen molar-refractivity contribution in [2.75, 3.05) is 0 Å². The van der Waals surface area contributed by atoms with Gasteiger partial charge in [-0.1, -0.05) is 35.4 Å². The minimum absolute atomic E-state index is 0.456. The van der Waals surface area contributed by atoms with Gasteiger partial charge in [-0.05, 0) is 38.3 Å².